The summed E-state index contributed by atoms with van der Waals surface area (Å²) in [7, 11) is 2.16. The third-order valence-corrected chi connectivity index (χ3v) is 5.23. The van der Waals surface area contributed by atoms with E-state index in [1.165, 1.54) is 11.3 Å². The van der Waals surface area contributed by atoms with Crippen LogP contribution in [0.1, 0.15) is 24.5 Å². The van der Waals surface area contributed by atoms with Crippen LogP contribution in [0.5, 0.6) is 5.75 Å². The molecule has 1 N–H and O–H groups in total. The second-order valence-electron chi connectivity index (χ2n) is 7.50. The average Bonchev–Trinajstić information content (AvgIpc) is 2.72. The van der Waals surface area contributed by atoms with Gasteiger partial charge in [-0.3, -0.25) is 4.79 Å². The molecule has 2 aromatic rings. The summed E-state index contributed by atoms with van der Waals surface area (Å²) in [6, 6.07) is 16.3. The zero-order valence-electron chi connectivity index (χ0n) is 17.1. The van der Waals surface area contributed by atoms with Crippen molar-refractivity contribution < 1.29 is 9.53 Å². The van der Waals surface area contributed by atoms with Crippen LogP contribution in [0, 0.1) is 6.92 Å². The Morgan fingerprint density at radius 2 is 1.68 bits per heavy atom. The van der Waals surface area contributed by atoms with E-state index in [4.69, 9.17) is 4.74 Å². The van der Waals surface area contributed by atoms with Crippen molar-refractivity contribution in [1.82, 2.24) is 10.2 Å². The number of carbonyl (C=O) groups excluding carboxylic acids is 1. The predicted octanol–water partition coefficient (Wildman–Crippen LogP) is 3.22. The van der Waals surface area contributed by atoms with Gasteiger partial charge in [0.05, 0.1) is 0 Å². The number of hydrogen-bond donors (Lipinski definition) is 1. The Bertz CT molecular complexity index is 750. The Morgan fingerprint density at radius 1 is 1.04 bits per heavy atom. The second-order valence-corrected chi connectivity index (χ2v) is 7.50. The van der Waals surface area contributed by atoms with E-state index < -0.39 is 6.10 Å². The van der Waals surface area contributed by atoms with Crippen molar-refractivity contribution in [3.8, 4) is 5.75 Å². The number of ether oxygens (including phenoxy) is 1. The lowest BCUT2D eigenvalue weighted by atomic mass is 10.1. The van der Waals surface area contributed by atoms with Gasteiger partial charge in [-0.1, -0.05) is 36.8 Å². The Hall–Kier alpha value is -2.53. The molecule has 2 aromatic carbocycles. The molecule has 1 fully saturated rings. The minimum atomic E-state index is -0.479. The fraction of sp³-hybridized carbons (Fsp3) is 0.435. The van der Waals surface area contributed by atoms with Gasteiger partial charge in [0.2, 0.25) is 0 Å². The van der Waals surface area contributed by atoms with Gasteiger partial charge in [-0.25, -0.2) is 0 Å². The minimum absolute atomic E-state index is 0.0776. The largest absolute Gasteiger partial charge is 0.481 e. The van der Waals surface area contributed by atoms with E-state index in [1.54, 1.807) is 0 Å². The number of benzene rings is 2. The molecule has 0 radical (unpaired) electrons. The van der Waals surface area contributed by atoms with Crippen molar-refractivity contribution in [3.63, 3.8) is 0 Å². The van der Waals surface area contributed by atoms with E-state index in [-0.39, 0.29) is 5.91 Å². The molecule has 1 amide bonds. The zero-order valence-corrected chi connectivity index (χ0v) is 17.1. The number of nitrogens with zero attached hydrogens (tertiary/aromatic N) is 2. The molecule has 0 aliphatic carbocycles. The number of hydrogen-bond acceptors (Lipinski definition) is 4. The lowest BCUT2D eigenvalue weighted by Crippen LogP contribution is -2.44. The number of rotatable bonds is 7. The van der Waals surface area contributed by atoms with Crippen LogP contribution >= 0.6 is 0 Å². The molecule has 1 saturated heterocycles. The van der Waals surface area contributed by atoms with Gasteiger partial charge in [0.15, 0.2) is 6.10 Å². The Kier molecular flexibility index (Phi) is 6.93. The molecule has 150 valence electrons. The molecule has 0 bridgehead atoms. The average molecular weight is 382 g/mol. The summed E-state index contributed by atoms with van der Waals surface area (Å²) in [5.74, 6) is 0.648. The molecule has 28 heavy (non-hydrogen) atoms. The van der Waals surface area contributed by atoms with Crippen molar-refractivity contribution in [2.24, 2.45) is 0 Å². The molecule has 5 nitrogen and oxygen atoms in total. The van der Waals surface area contributed by atoms with Gasteiger partial charge in [0.1, 0.15) is 5.75 Å². The molecule has 1 aliphatic heterocycles. The highest BCUT2D eigenvalue weighted by atomic mass is 16.5. The molecular weight excluding hydrogens is 350 g/mol. The summed E-state index contributed by atoms with van der Waals surface area (Å²) in [6.07, 6.45) is 0.148. The molecule has 0 saturated carbocycles. The van der Waals surface area contributed by atoms with Crippen molar-refractivity contribution in [2.75, 3.05) is 38.1 Å². The third kappa shape index (κ3) is 5.49. The highest BCUT2D eigenvalue weighted by Crippen LogP contribution is 2.18. The maximum Gasteiger partial charge on any atom is 0.261 e. The van der Waals surface area contributed by atoms with Crippen molar-refractivity contribution >= 4 is 11.6 Å². The molecule has 0 aromatic heterocycles. The lowest BCUT2D eigenvalue weighted by molar-refractivity contribution is -0.128. The van der Waals surface area contributed by atoms with Gasteiger partial charge in [-0.05, 0) is 50.2 Å². The maximum atomic E-state index is 12.5. The van der Waals surface area contributed by atoms with Crippen LogP contribution in [-0.4, -0.2) is 50.1 Å². The highest BCUT2D eigenvalue weighted by molar-refractivity contribution is 5.81. The number of amides is 1. The molecule has 1 unspecified atom stereocenters. The first-order valence-electron chi connectivity index (χ1n) is 10.1. The van der Waals surface area contributed by atoms with Crippen molar-refractivity contribution in [1.29, 1.82) is 0 Å². The molecule has 1 heterocycles. The van der Waals surface area contributed by atoms with E-state index in [0.29, 0.717) is 13.0 Å². The van der Waals surface area contributed by atoms with Gasteiger partial charge in [-0.15, -0.1) is 0 Å². The van der Waals surface area contributed by atoms with Gasteiger partial charge in [-0.2, -0.15) is 0 Å². The molecule has 1 aliphatic rings. The van der Waals surface area contributed by atoms with Crippen LogP contribution < -0.4 is 15.0 Å². The lowest BCUT2D eigenvalue weighted by Gasteiger charge is -2.34. The Morgan fingerprint density at radius 3 is 2.29 bits per heavy atom. The number of carbonyl (C=O) groups is 1. The number of anilines is 1. The summed E-state index contributed by atoms with van der Waals surface area (Å²) in [4.78, 5) is 17.3. The summed E-state index contributed by atoms with van der Waals surface area (Å²) >= 11 is 0. The summed E-state index contributed by atoms with van der Waals surface area (Å²) in [5.41, 5.74) is 3.51. The van der Waals surface area contributed by atoms with E-state index >= 15 is 0 Å². The van der Waals surface area contributed by atoms with Gasteiger partial charge in [0, 0.05) is 38.4 Å². The first kappa shape index (κ1) is 20.2. The zero-order chi connectivity index (χ0) is 19.9. The Labute approximate surface area is 168 Å². The fourth-order valence-electron chi connectivity index (χ4n) is 3.30. The summed E-state index contributed by atoms with van der Waals surface area (Å²) < 4.78 is 5.85. The second kappa shape index (κ2) is 9.60. The monoisotopic (exact) mass is 381 g/mol. The van der Waals surface area contributed by atoms with Crippen molar-refractivity contribution in [2.45, 2.75) is 32.9 Å². The van der Waals surface area contributed by atoms with Crippen LogP contribution in [0.3, 0.4) is 0 Å². The topological polar surface area (TPSA) is 44.8 Å². The highest BCUT2D eigenvalue weighted by Gasteiger charge is 2.18. The molecule has 0 spiro atoms. The number of piperazine rings is 1. The summed E-state index contributed by atoms with van der Waals surface area (Å²) in [6.45, 7) is 8.80. The third-order valence-electron chi connectivity index (χ3n) is 5.23. The fourth-order valence-corrected chi connectivity index (χ4v) is 3.30. The normalized spacial score (nSPS) is 15.9. The van der Waals surface area contributed by atoms with E-state index in [2.05, 4.69) is 46.4 Å². The molecule has 1 atom stereocenters. The first-order chi connectivity index (χ1) is 13.5. The minimum Gasteiger partial charge on any atom is -0.481 e. The van der Waals surface area contributed by atoms with Gasteiger partial charge < -0.3 is 19.9 Å². The SMILES string of the molecule is CCC(Oc1ccc(C)cc1)C(=O)NCc1ccc(N2CCN(C)CC2)cc1. The van der Waals surface area contributed by atoms with E-state index in [9.17, 15) is 4.79 Å². The number of likely N-dealkylation sites (N-methyl/N-ethyl adjacent to an activating group) is 1. The van der Waals surface area contributed by atoms with Crippen LogP contribution in [0.15, 0.2) is 48.5 Å². The van der Waals surface area contributed by atoms with E-state index in [1.807, 2.05) is 38.1 Å². The van der Waals surface area contributed by atoms with Crippen LogP contribution in [0.4, 0.5) is 5.69 Å². The number of nitrogens with one attached hydrogen (secondary N) is 1. The Balaban J connectivity index is 1.50. The van der Waals surface area contributed by atoms with E-state index in [0.717, 1.165) is 37.5 Å². The first-order valence-corrected chi connectivity index (χ1v) is 10.1. The van der Waals surface area contributed by atoms with Crippen LogP contribution in [-0.2, 0) is 11.3 Å². The maximum absolute atomic E-state index is 12.5. The standard InChI is InChI=1S/C23H31N3O2/c1-4-22(28-21-11-5-18(2)6-12-21)23(27)24-17-19-7-9-20(10-8-19)26-15-13-25(3)14-16-26/h5-12,22H,4,13-17H2,1-3H3,(H,24,27). The quantitative estimate of drug-likeness (QED) is 0.800. The van der Waals surface area contributed by atoms with Crippen molar-refractivity contribution in [3.05, 3.63) is 59.7 Å². The summed E-state index contributed by atoms with van der Waals surface area (Å²) in [5, 5.41) is 3.00. The van der Waals surface area contributed by atoms with Gasteiger partial charge in [0.25, 0.3) is 5.91 Å². The molecular formula is C23H31N3O2. The van der Waals surface area contributed by atoms with Crippen LogP contribution in [0.2, 0.25) is 0 Å². The smallest absolute Gasteiger partial charge is 0.261 e. The molecule has 5 heteroatoms. The molecule has 3 rings (SSSR count). The number of aryl methyl sites for hydroxylation is 1. The van der Waals surface area contributed by atoms with Gasteiger partial charge >= 0.3 is 0 Å². The van der Waals surface area contributed by atoms with Crippen LogP contribution in [0.25, 0.3) is 0 Å². The predicted molar refractivity (Wildman–Crippen MR) is 114 cm³/mol.